The lowest BCUT2D eigenvalue weighted by Crippen LogP contribution is -2.20. The first kappa shape index (κ1) is 12.7. The topological polar surface area (TPSA) is 29.1 Å². The average molecular weight is 318 g/mol. The number of benzene rings is 2. The van der Waals surface area contributed by atoms with Crippen LogP contribution in [-0.2, 0) is 4.79 Å². The van der Waals surface area contributed by atoms with E-state index in [1.165, 1.54) is 24.6 Å². The third-order valence-electron chi connectivity index (χ3n) is 3.78. The molecule has 0 unspecified atom stereocenters. The predicted molar refractivity (Wildman–Crippen MR) is 82.2 cm³/mol. The molecule has 0 aliphatic heterocycles. The van der Waals surface area contributed by atoms with E-state index in [0.29, 0.717) is 12.3 Å². The van der Waals surface area contributed by atoms with Crippen LogP contribution in [-0.4, -0.2) is 5.91 Å². The molecule has 0 aromatic heterocycles. The Balaban J connectivity index is 1.73. The maximum absolute atomic E-state index is 11.9. The number of amides is 1. The number of fused-ring (bicyclic) bond motifs is 1. The fourth-order valence-corrected chi connectivity index (χ4v) is 2.84. The van der Waals surface area contributed by atoms with Gasteiger partial charge >= 0.3 is 0 Å². The van der Waals surface area contributed by atoms with Crippen molar-refractivity contribution < 1.29 is 4.79 Å². The minimum absolute atomic E-state index is 0.140. The molecule has 2 aromatic carbocycles. The van der Waals surface area contributed by atoms with Crippen molar-refractivity contribution in [3.05, 3.63) is 40.9 Å². The van der Waals surface area contributed by atoms with Gasteiger partial charge in [-0.05, 0) is 53.8 Å². The van der Waals surface area contributed by atoms with Gasteiger partial charge in [-0.25, -0.2) is 0 Å². The summed E-state index contributed by atoms with van der Waals surface area (Å²) in [5.74, 6) is 0.748. The van der Waals surface area contributed by atoms with E-state index >= 15 is 0 Å². The van der Waals surface area contributed by atoms with Crippen LogP contribution in [0.25, 0.3) is 10.8 Å². The first-order chi connectivity index (χ1) is 9.20. The van der Waals surface area contributed by atoms with Crippen molar-refractivity contribution in [2.24, 2.45) is 5.92 Å². The summed E-state index contributed by atoms with van der Waals surface area (Å²) in [6.45, 7) is 0. The summed E-state index contributed by atoms with van der Waals surface area (Å²) in [6.07, 6.45) is 4.36. The Morgan fingerprint density at radius 1 is 1.16 bits per heavy atom. The third-order valence-corrected chi connectivity index (χ3v) is 4.28. The van der Waals surface area contributed by atoms with Crippen LogP contribution >= 0.6 is 15.9 Å². The lowest BCUT2D eigenvalue weighted by molar-refractivity contribution is -0.117. The van der Waals surface area contributed by atoms with Crippen molar-refractivity contribution in [2.75, 3.05) is 5.32 Å². The van der Waals surface area contributed by atoms with Gasteiger partial charge < -0.3 is 5.32 Å². The van der Waals surface area contributed by atoms with Crippen LogP contribution in [0, 0.1) is 5.92 Å². The van der Waals surface area contributed by atoms with E-state index in [1.807, 2.05) is 24.3 Å². The van der Waals surface area contributed by atoms with Gasteiger partial charge in [0.05, 0.1) is 0 Å². The largest absolute Gasteiger partial charge is 0.326 e. The van der Waals surface area contributed by atoms with Crippen molar-refractivity contribution in [2.45, 2.75) is 25.7 Å². The second-order valence-corrected chi connectivity index (χ2v) is 6.17. The number of halogens is 1. The zero-order valence-corrected chi connectivity index (χ0v) is 12.2. The van der Waals surface area contributed by atoms with Crippen LogP contribution < -0.4 is 5.32 Å². The summed E-state index contributed by atoms with van der Waals surface area (Å²) < 4.78 is 1.07. The summed E-state index contributed by atoms with van der Waals surface area (Å²) in [6, 6.07) is 12.2. The molecule has 98 valence electrons. The van der Waals surface area contributed by atoms with Gasteiger partial charge in [-0.2, -0.15) is 0 Å². The molecule has 1 fully saturated rings. The monoisotopic (exact) mass is 317 g/mol. The quantitative estimate of drug-likeness (QED) is 0.871. The lowest BCUT2D eigenvalue weighted by atomic mass is 9.83. The lowest BCUT2D eigenvalue weighted by Gasteiger charge is -2.24. The number of nitrogens with one attached hydrogen (secondary N) is 1. The molecular formula is C16H16BrNO. The highest BCUT2D eigenvalue weighted by atomic mass is 79.9. The molecule has 1 saturated carbocycles. The van der Waals surface area contributed by atoms with Crippen molar-refractivity contribution >= 4 is 38.3 Å². The molecule has 0 radical (unpaired) electrons. The Morgan fingerprint density at radius 2 is 1.89 bits per heavy atom. The highest BCUT2D eigenvalue weighted by Crippen LogP contribution is 2.30. The second kappa shape index (κ2) is 5.33. The molecule has 0 saturated heterocycles. The van der Waals surface area contributed by atoms with Gasteiger partial charge in [-0.15, -0.1) is 0 Å². The van der Waals surface area contributed by atoms with E-state index in [0.717, 1.165) is 15.5 Å². The molecule has 1 aliphatic rings. The molecule has 2 aromatic rings. The number of hydrogen-bond donors (Lipinski definition) is 1. The van der Waals surface area contributed by atoms with Gasteiger partial charge in [0.15, 0.2) is 0 Å². The molecule has 3 heteroatoms. The maximum Gasteiger partial charge on any atom is 0.224 e. The standard InChI is InChI=1S/C16H16BrNO/c17-14-6-4-13-10-15(7-5-12(13)9-14)18-16(19)8-11-2-1-3-11/h4-7,9-11H,1-3,8H2,(H,18,19). The molecule has 0 spiro atoms. The second-order valence-electron chi connectivity index (χ2n) is 5.26. The molecule has 0 heterocycles. The van der Waals surface area contributed by atoms with Gasteiger partial charge in [0.2, 0.25) is 5.91 Å². The van der Waals surface area contributed by atoms with Crippen molar-refractivity contribution in [3.8, 4) is 0 Å². The van der Waals surface area contributed by atoms with Crippen LogP contribution in [0.5, 0.6) is 0 Å². The Kier molecular flexibility index (Phi) is 3.56. The van der Waals surface area contributed by atoms with Gasteiger partial charge in [0, 0.05) is 16.6 Å². The number of anilines is 1. The molecule has 3 rings (SSSR count). The van der Waals surface area contributed by atoms with E-state index in [-0.39, 0.29) is 5.91 Å². The highest BCUT2D eigenvalue weighted by molar-refractivity contribution is 9.10. The van der Waals surface area contributed by atoms with Crippen molar-refractivity contribution in [3.63, 3.8) is 0 Å². The summed E-state index contributed by atoms with van der Waals surface area (Å²) in [4.78, 5) is 11.9. The molecule has 19 heavy (non-hydrogen) atoms. The van der Waals surface area contributed by atoms with Crippen LogP contribution in [0.15, 0.2) is 40.9 Å². The Labute approximate surface area is 121 Å². The highest BCUT2D eigenvalue weighted by Gasteiger charge is 2.20. The zero-order chi connectivity index (χ0) is 13.2. The van der Waals surface area contributed by atoms with Crippen LogP contribution in [0.1, 0.15) is 25.7 Å². The molecule has 1 aliphatic carbocycles. The van der Waals surface area contributed by atoms with E-state index in [2.05, 4.69) is 33.4 Å². The third kappa shape index (κ3) is 2.98. The Morgan fingerprint density at radius 3 is 2.63 bits per heavy atom. The molecule has 1 N–H and O–H groups in total. The number of carbonyl (C=O) groups is 1. The first-order valence-corrected chi connectivity index (χ1v) is 7.49. The summed E-state index contributed by atoms with van der Waals surface area (Å²) >= 11 is 3.46. The molecule has 0 atom stereocenters. The Hall–Kier alpha value is -1.35. The number of rotatable bonds is 3. The minimum Gasteiger partial charge on any atom is -0.326 e. The summed E-state index contributed by atoms with van der Waals surface area (Å²) in [7, 11) is 0. The van der Waals surface area contributed by atoms with Gasteiger partial charge in [-0.3, -0.25) is 4.79 Å². The minimum atomic E-state index is 0.140. The smallest absolute Gasteiger partial charge is 0.224 e. The zero-order valence-electron chi connectivity index (χ0n) is 10.7. The number of carbonyl (C=O) groups excluding carboxylic acids is 1. The van der Waals surface area contributed by atoms with Crippen LogP contribution in [0.3, 0.4) is 0 Å². The Bertz CT molecular complexity index is 619. The van der Waals surface area contributed by atoms with E-state index in [4.69, 9.17) is 0 Å². The number of hydrogen-bond acceptors (Lipinski definition) is 1. The van der Waals surface area contributed by atoms with Gasteiger partial charge in [-0.1, -0.05) is 34.5 Å². The van der Waals surface area contributed by atoms with E-state index in [9.17, 15) is 4.79 Å². The first-order valence-electron chi connectivity index (χ1n) is 6.70. The SMILES string of the molecule is O=C(CC1CCC1)Nc1ccc2cc(Br)ccc2c1. The fourth-order valence-electron chi connectivity index (χ4n) is 2.47. The average Bonchev–Trinajstić information content (AvgIpc) is 2.34. The van der Waals surface area contributed by atoms with E-state index in [1.54, 1.807) is 0 Å². The van der Waals surface area contributed by atoms with Gasteiger partial charge in [0.1, 0.15) is 0 Å². The van der Waals surface area contributed by atoms with Crippen LogP contribution in [0.2, 0.25) is 0 Å². The molecule has 0 bridgehead atoms. The molecule has 2 nitrogen and oxygen atoms in total. The van der Waals surface area contributed by atoms with Gasteiger partial charge in [0.25, 0.3) is 0 Å². The van der Waals surface area contributed by atoms with Crippen molar-refractivity contribution in [1.82, 2.24) is 0 Å². The predicted octanol–water partition coefficient (Wildman–Crippen LogP) is 4.73. The normalized spacial score (nSPS) is 15.2. The fraction of sp³-hybridized carbons (Fsp3) is 0.312. The summed E-state index contributed by atoms with van der Waals surface area (Å²) in [5, 5.41) is 5.31. The van der Waals surface area contributed by atoms with Crippen LogP contribution in [0.4, 0.5) is 5.69 Å². The van der Waals surface area contributed by atoms with E-state index < -0.39 is 0 Å². The molecular weight excluding hydrogens is 302 g/mol. The summed E-state index contributed by atoms with van der Waals surface area (Å²) in [5.41, 5.74) is 0.888. The van der Waals surface area contributed by atoms with Crippen molar-refractivity contribution in [1.29, 1.82) is 0 Å². The molecule has 1 amide bonds. The maximum atomic E-state index is 11.9.